The van der Waals surface area contributed by atoms with E-state index in [4.69, 9.17) is 27.7 Å². The number of carbonyl (C=O) groups is 1. The van der Waals surface area contributed by atoms with E-state index in [1.807, 2.05) is 18.7 Å². The van der Waals surface area contributed by atoms with Gasteiger partial charge in [-0.05, 0) is 32.0 Å². The van der Waals surface area contributed by atoms with Crippen LogP contribution in [0.2, 0.25) is 10.0 Å². The lowest BCUT2D eigenvalue weighted by molar-refractivity contribution is 0.0627. The van der Waals surface area contributed by atoms with Gasteiger partial charge in [-0.25, -0.2) is 0 Å². The van der Waals surface area contributed by atoms with E-state index in [1.54, 1.807) is 18.2 Å². The molecule has 3 rings (SSSR count). The molecule has 2 aromatic rings. The van der Waals surface area contributed by atoms with Gasteiger partial charge in [0.05, 0.1) is 5.69 Å². The number of carbonyl (C=O) groups excluding carboxylic acids is 1. The van der Waals surface area contributed by atoms with Crippen molar-refractivity contribution < 1.29 is 9.32 Å². The van der Waals surface area contributed by atoms with Gasteiger partial charge in [-0.1, -0.05) is 28.4 Å². The molecule has 0 spiro atoms. The molecule has 128 valence electrons. The van der Waals surface area contributed by atoms with Gasteiger partial charge in [0.15, 0.2) is 0 Å². The fraction of sp³-hybridized carbons (Fsp3) is 0.412. The second-order valence-corrected chi connectivity index (χ2v) is 6.90. The lowest BCUT2D eigenvalue weighted by Gasteiger charge is -2.34. The van der Waals surface area contributed by atoms with Gasteiger partial charge in [-0.15, -0.1) is 0 Å². The van der Waals surface area contributed by atoms with Gasteiger partial charge in [0.25, 0.3) is 5.91 Å². The zero-order valence-electron chi connectivity index (χ0n) is 13.7. The maximum absolute atomic E-state index is 12.6. The summed E-state index contributed by atoms with van der Waals surface area (Å²) in [6.07, 6.45) is 0. The molecule has 5 nitrogen and oxygen atoms in total. The Bertz CT molecular complexity index is 713. The van der Waals surface area contributed by atoms with Crippen LogP contribution in [0.15, 0.2) is 22.7 Å². The number of hydrogen-bond donors (Lipinski definition) is 0. The minimum Gasteiger partial charge on any atom is -0.361 e. The van der Waals surface area contributed by atoms with Crippen LogP contribution < -0.4 is 0 Å². The van der Waals surface area contributed by atoms with Crippen molar-refractivity contribution in [2.24, 2.45) is 0 Å². The van der Waals surface area contributed by atoms with E-state index < -0.39 is 0 Å². The van der Waals surface area contributed by atoms with Crippen molar-refractivity contribution in [1.82, 2.24) is 15.0 Å². The maximum atomic E-state index is 12.6. The molecule has 0 atom stereocenters. The number of rotatable bonds is 3. The Labute approximate surface area is 151 Å². The molecule has 0 saturated carbocycles. The van der Waals surface area contributed by atoms with Crippen molar-refractivity contribution in [3.63, 3.8) is 0 Å². The van der Waals surface area contributed by atoms with Crippen LogP contribution in [0.1, 0.15) is 27.4 Å². The van der Waals surface area contributed by atoms with Crippen LogP contribution in [0.5, 0.6) is 0 Å². The highest BCUT2D eigenvalue weighted by atomic mass is 35.5. The molecule has 0 N–H and O–H groups in total. The Hall–Kier alpha value is -1.56. The molecule has 7 heteroatoms. The topological polar surface area (TPSA) is 49.6 Å². The van der Waals surface area contributed by atoms with E-state index in [2.05, 4.69) is 10.1 Å². The SMILES string of the molecule is Cc1noc(C)c1CN1CCN(C(=O)c2cc(Cl)cc(Cl)c2)CC1. The van der Waals surface area contributed by atoms with Crippen molar-refractivity contribution in [2.45, 2.75) is 20.4 Å². The number of nitrogens with zero attached hydrogens (tertiary/aromatic N) is 3. The molecule has 0 unspecified atom stereocenters. The number of hydrogen-bond acceptors (Lipinski definition) is 4. The normalized spacial score (nSPS) is 15.8. The molecule has 1 aliphatic heterocycles. The Kier molecular flexibility index (Phi) is 5.13. The van der Waals surface area contributed by atoms with Gasteiger partial charge < -0.3 is 9.42 Å². The maximum Gasteiger partial charge on any atom is 0.254 e. The first-order valence-electron chi connectivity index (χ1n) is 7.83. The highest BCUT2D eigenvalue weighted by Gasteiger charge is 2.24. The average molecular weight is 368 g/mol. The second-order valence-electron chi connectivity index (χ2n) is 6.03. The molecule has 0 radical (unpaired) electrons. The largest absolute Gasteiger partial charge is 0.361 e. The van der Waals surface area contributed by atoms with Gasteiger partial charge in [-0.2, -0.15) is 0 Å². The van der Waals surface area contributed by atoms with Crippen molar-refractivity contribution >= 4 is 29.1 Å². The number of aromatic nitrogens is 1. The van der Waals surface area contributed by atoms with Crippen LogP contribution >= 0.6 is 23.2 Å². The van der Waals surface area contributed by atoms with Gasteiger partial charge in [0, 0.05) is 53.9 Å². The Morgan fingerprint density at radius 1 is 1.12 bits per heavy atom. The third kappa shape index (κ3) is 3.74. The highest BCUT2D eigenvalue weighted by molar-refractivity contribution is 6.35. The van der Waals surface area contributed by atoms with Crippen molar-refractivity contribution in [2.75, 3.05) is 26.2 Å². The predicted molar refractivity (Wildman–Crippen MR) is 93.6 cm³/mol. The molecule has 1 aromatic heterocycles. The summed E-state index contributed by atoms with van der Waals surface area (Å²) in [5.41, 5.74) is 2.60. The predicted octanol–water partition coefficient (Wildman–Crippen LogP) is 3.56. The summed E-state index contributed by atoms with van der Waals surface area (Å²) in [6, 6.07) is 4.94. The van der Waals surface area contributed by atoms with Crippen LogP contribution in [0, 0.1) is 13.8 Å². The van der Waals surface area contributed by atoms with Gasteiger partial charge >= 0.3 is 0 Å². The smallest absolute Gasteiger partial charge is 0.254 e. The zero-order valence-corrected chi connectivity index (χ0v) is 15.2. The quantitative estimate of drug-likeness (QED) is 0.831. The Morgan fingerprint density at radius 3 is 2.29 bits per heavy atom. The van der Waals surface area contributed by atoms with E-state index in [9.17, 15) is 4.79 Å². The third-order valence-electron chi connectivity index (χ3n) is 4.33. The highest BCUT2D eigenvalue weighted by Crippen LogP contribution is 2.21. The number of benzene rings is 1. The van der Waals surface area contributed by atoms with Gasteiger partial charge in [0.2, 0.25) is 0 Å². The summed E-state index contributed by atoms with van der Waals surface area (Å²) < 4.78 is 5.21. The molecular formula is C17H19Cl2N3O2. The molecule has 1 amide bonds. The van der Waals surface area contributed by atoms with E-state index in [0.717, 1.165) is 36.7 Å². The fourth-order valence-electron chi connectivity index (χ4n) is 2.92. The summed E-state index contributed by atoms with van der Waals surface area (Å²) in [7, 11) is 0. The molecule has 1 fully saturated rings. The first-order chi connectivity index (χ1) is 11.4. The number of amides is 1. The van der Waals surface area contributed by atoms with E-state index in [1.165, 1.54) is 0 Å². The summed E-state index contributed by atoms with van der Waals surface area (Å²) in [5, 5.41) is 4.94. The minimum absolute atomic E-state index is 0.0311. The van der Waals surface area contributed by atoms with Crippen LogP contribution in [-0.2, 0) is 6.54 Å². The molecule has 2 heterocycles. The van der Waals surface area contributed by atoms with Crippen LogP contribution in [0.4, 0.5) is 0 Å². The van der Waals surface area contributed by atoms with Crippen molar-refractivity contribution in [3.8, 4) is 0 Å². The summed E-state index contributed by atoms with van der Waals surface area (Å²) in [5.74, 6) is 0.830. The molecule has 1 aromatic carbocycles. The van der Waals surface area contributed by atoms with Gasteiger partial charge in [-0.3, -0.25) is 9.69 Å². The van der Waals surface area contributed by atoms with E-state index in [-0.39, 0.29) is 5.91 Å². The molecule has 24 heavy (non-hydrogen) atoms. The molecular weight excluding hydrogens is 349 g/mol. The Balaban J connectivity index is 1.61. The molecule has 0 aliphatic carbocycles. The van der Waals surface area contributed by atoms with Crippen molar-refractivity contribution in [3.05, 3.63) is 50.8 Å². The third-order valence-corrected chi connectivity index (χ3v) is 4.77. The van der Waals surface area contributed by atoms with Crippen LogP contribution in [-0.4, -0.2) is 47.0 Å². The Morgan fingerprint density at radius 2 is 1.75 bits per heavy atom. The minimum atomic E-state index is -0.0311. The zero-order chi connectivity index (χ0) is 17.3. The summed E-state index contributed by atoms with van der Waals surface area (Å²) >= 11 is 12.0. The molecule has 0 bridgehead atoms. The number of halogens is 2. The number of piperazine rings is 1. The van der Waals surface area contributed by atoms with Gasteiger partial charge in [0.1, 0.15) is 5.76 Å². The standard InChI is InChI=1S/C17H19Cl2N3O2/c1-11-16(12(2)24-20-11)10-21-3-5-22(6-4-21)17(23)13-7-14(18)9-15(19)8-13/h7-9H,3-6,10H2,1-2H3. The van der Waals surface area contributed by atoms with E-state index >= 15 is 0 Å². The van der Waals surface area contributed by atoms with Crippen molar-refractivity contribution in [1.29, 1.82) is 0 Å². The second kappa shape index (κ2) is 7.13. The summed E-state index contributed by atoms with van der Waals surface area (Å²) in [6.45, 7) is 7.64. The first-order valence-corrected chi connectivity index (χ1v) is 8.59. The number of aryl methyl sites for hydroxylation is 2. The lowest BCUT2D eigenvalue weighted by Crippen LogP contribution is -2.48. The molecule has 1 saturated heterocycles. The first kappa shape index (κ1) is 17.3. The average Bonchev–Trinajstić information content (AvgIpc) is 2.86. The van der Waals surface area contributed by atoms with Crippen LogP contribution in [0.25, 0.3) is 0 Å². The molecule has 1 aliphatic rings. The van der Waals surface area contributed by atoms with E-state index in [0.29, 0.717) is 28.7 Å². The fourth-order valence-corrected chi connectivity index (χ4v) is 3.45. The monoisotopic (exact) mass is 367 g/mol. The summed E-state index contributed by atoms with van der Waals surface area (Å²) in [4.78, 5) is 16.7. The lowest BCUT2D eigenvalue weighted by atomic mass is 10.1. The van der Waals surface area contributed by atoms with Crippen LogP contribution in [0.3, 0.4) is 0 Å².